The number of halogens is 3. The highest BCUT2D eigenvalue weighted by atomic mass is 32.1. The largest absolute Gasteiger partial charge is 0.573 e. The molecule has 172 valence electrons. The Kier molecular flexibility index (Phi) is 7.83. The van der Waals surface area contributed by atoms with Crippen LogP contribution in [0.2, 0.25) is 0 Å². The van der Waals surface area contributed by atoms with E-state index in [0.717, 1.165) is 29.5 Å². The lowest BCUT2D eigenvalue weighted by molar-refractivity contribution is -0.274. The van der Waals surface area contributed by atoms with Crippen molar-refractivity contribution in [2.75, 3.05) is 5.32 Å². The van der Waals surface area contributed by atoms with Gasteiger partial charge in [0.25, 0.3) is 0 Å². The Balaban J connectivity index is 1.45. The first-order valence-corrected chi connectivity index (χ1v) is 10.6. The van der Waals surface area contributed by atoms with Gasteiger partial charge >= 0.3 is 12.3 Å². The zero-order valence-corrected chi connectivity index (χ0v) is 18.2. The maximum atomic E-state index is 12.2. The van der Waals surface area contributed by atoms with Gasteiger partial charge in [-0.15, -0.1) is 24.5 Å². The third-order valence-corrected chi connectivity index (χ3v) is 5.12. The summed E-state index contributed by atoms with van der Waals surface area (Å²) in [5.74, 6) is -1.19. The van der Waals surface area contributed by atoms with Crippen molar-refractivity contribution in [1.29, 1.82) is 0 Å². The van der Waals surface area contributed by atoms with E-state index in [1.807, 2.05) is 31.2 Å². The number of carbonyl (C=O) groups excluding carboxylic acids is 2. The number of rotatable bonds is 8. The van der Waals surface area contributed by atoms with Crippen LogP contribution in [-0.4, -0.2) is 23.2 Å². The predicted molar refractivity (Wildman–Crippen MR) is 118 cm³/mol. The molecule has 1 aromatic heterocycles. The molecule has 2 aromatic carbocycles. The Morgan fingerprint density at radius 2 is 1.85 bits per heavy atom. The van der Waals surface area contributed by atoms with Gasteiger partial charge in [-0.3, -0.25) is 4.79 Å². The van der Waals surface area contributed by atoms with Gasteiger partial charge in [0.2, 0.25) is 5.91 Å². The number of nitrogens with one attached hydrogen (secondary N) is 1. The second-order valence-electron chi connectivity index (χ2n) is 6.83. The van der Waals surface area contributed by atoms with Crippen molar-refractivity contribution in [1.82, 2.24) is 4.98 Å². The summed E-state index contributed by atoms with van der Waals surface area (Å²) in [6.07, 6.45) is -2.10. The number of hydrogen-bond acceptors (Lipinski definition) is 6. The maximum absolute atomic E-state index is 12.2. The summed E-state index contributed by atoms with van der Waals surface area (Å²) >= 11 is 1.29. The Hall–Kier alpha value is -3.66. The van der Waals surface area contributed by atoms with E-state index in [1.165, 1.54) is 29.5 Å². The molecule has 0 unspecified atom stereocenters. The number of aromatic nitrogens is 1. The summed E-state index contributed by atoms with van der Waals surface area (Å²) in [6, 6.07) is 12.5. The van der Waals surface area contributed by atoms with Gasteiger partial charge in [-0.1, -0.05) is 30.3 Å². The van der Waals surface area contributed by atoms with Crippen molar-refractivity contribution in [3.8, 4) is 5.75 Å². The van der Waals surface area contributed by atoms with Crippen LogP contribution in [0.1, 0.15) is 21.8 Å². The standard InChI is InChI=1S/C23H19F3N2O4S/c1-15-4-2-3-5-19(15)28-20(29)12-21-27-17(14-33-21)13-31-22(30)11-8-16-6-9-18(10-7-16)32-23(24,25)26/h2-11,14H,12-13H2,1H3,(H,28,29)/b11-8+. The molecule has 1 amide bonds. The van der Waals surface area contributed by atoms with Gasteiger partial charge < -0.3 is 14.8 Å². The average Bonchev–Trinajstić information content (AvgIpc) is 3.19. The van der Waals surface area contributed by atoms with Gasteiger partial charge in [0.05, 0.1) is 12.1 Å². The predicted octanol–water partition coefficient (Wildman–Crippen LogP) is 5.29. The molecule has 0 atom stereocenters. The summed E-state index contributed by atoms with van der Waals surface area (Å²) in [6.45, 7) is 1.83. The molecule has 3 aromatic rings. The van der Waals surface area contributed by atoms with Gasteiger partial charge in [-0.25, -0.2) is 9.78 Å². The van der Waals surface area contributed by atoms with E-state index in [-0.39, 0.29) is 24.7 Å². The lowest BCUT2D eigenvalue weighted by atomic mass is 10.2. The van der Waals surface area contributed by atoms with Crippen LogP contribution in [0.25, 0.3) is 6.08 Å². The van der Waals surface area contributed by atoms with E-state index >= 15 is 0 Å². The fourth-order valence-corrected chi connectivity index (χ4v) is 3.46. The minimum atomic E-state index is -4.76. The molecule has 0 aliphatic heterocycles. The van der Waals surface area contributed by atoms with E-state index < -0.39 is 12.3 Å². The number of para-hydroxylation sites is 1. The van der Waals surface area contributed by atoms with Gasteiger partial charge in [0, 0.05) is 17.1 Å². The molecule has 6 nitrogen and oxygen atoms in total. The number of amides is 1. The van der Waals surface area contributed by atoms with Crippen molar-refractivity contribution in [3.05, 3.63) is 81.8 Å². The molecular weight excluding hydrogens is 457 g/mol. The SMILES string of the molecule is Cc1ccccc1NC(=O)Cc1nc(COC(=O)/C=C/c2ccc(OC(F)(F)F)cc2)cs1. The number of nitrogens with zero attached hydrogens (tertiary/aromatic N) is 1. The number of benzene rings is 2. The molecule has 1 N–H and O–H groups in total. The Morgan fingerprint density at radius 3 is 2.55 bits per heavy atom. The first-order chi connectivity index (χ1) is 15.7. The quantitative estimate of drug-likeness (QED) is 0.353. The average molecular weight is 476 g/mol. The second kappa shape index (κ2) is 10.8. The molecule has 1 heterocycles. The summed E-state index contributed by atoms with van der Waals surface area (Å²) in [4.78, 5) is 28.4. The summed E-state index contributed by atoms with van der Waals surface area (Å²) in [7, 11) is 0. The highest BCUT2D eigenvalue weighted by Crippen LogP contribution is 2.23. The number of hydrogen-bond donors (Lipinski definition) is 1. The molecule has 0 fully saturated rings. The number of thiazole rings is 1. The van der Waals surface area contributed by atoms with Crippen molar-refractivity contribution >= 4 is 35.0 Å². The second-order valence-corrected chi connectivity index (χ2v) is 7.77. The summed E-state index contributed by atoms with van der Waals surface area (Å²) in [5.41, 5.74) is 2.70. The minimum Gasteiger partial charge on any atom is -0.456 e. The molecule has 0 aliphatic rings. The lowest BCUT2D eigenvalue weighted by Gasteiger charge is -2.08. The van der Waals surface area contributed by atoms with Gasteiger partial charge in [0.1, 0.15) is 17.4 Å². The zero-order chi connectivity index (χ0) is 23.8. The minimum absolute atomic E-state index is 0.0720. The summed E-state index contributed by atoms with van der Waals surface area (Å²) in [5, 5.41) is 5.12. The molecule has 3 rings (SSSR count). The molecule has 0 aliphatic carbocycles. The molecule has 0 radical (unpaired) electrons. The van der Waals surface area contributed by atoms with Crippen molar-refractivity contribution in [2.45, 2.75) is 26.3 Å². The van der Waals surface area contributed by atoms with E-state index in [1.54, 1.807) is 5.38 Å². The Morgan fingerprint density at radius 1 is 1.12 bits per heavy atom. The van der Waals surface area contributed by atoms with Crippen molar-refractivity contribution in [3.63, 3.8) is 0 Å². The van der Waals surface area contributed by atoms with Crippen LogP contribution in [0.4, 0.5) is 18.9 Å². The van der Waals surface area contributed by atoms with Crippen molar-refractivity contribution in [2.24, 2.45) is 0 Å². The third kappa shape index (κ3) is 8.08. The lowest BCUT2D eigenvalue weighted by Crippen LogP contribution is -2.16. The maximum Gasteiger partial charge on any atom is 0.573 e. The van der Waals surface area contributed by atoms with Gasteiger partial charge in [-0.2, -0.15) is 0 Å². The molecule has 33 heavy (non-hydrogen) atoms. The van der Waals surface area contributed by atoms with Crippen LogP contribution in [-0.2, 0) is 27.4 Å². The fraction of sp³-hybridized carbons (Fsp3) is 0.174. The van der Waals surface area contributed by atoms with E-state index in [9.17, 15) is 22.8 Å². The van der Waals surface area contributed by atoms with E-state index in [0.29, 0.717) is 16.3 Å². The van der Waals surface area contributed by atoms with Crippen molar-refractivity contribution < 1.29 is 32.2 Å². The number of carbonyl (C=O) groups is 2. The third-order valence-electron chi connectivity index (χ3n) is 4.22. The monoisotopic (exact) mass is 476 g/mol. The van der Waals surface area contributed by atoms with Gasteiger partial charge in [-0.05, 0) is 42.3 Å². The van der Waals surface area contributed by atoms with E-state index in [2.05, 4.69) is 15.0 Å². The molecule has 0 spiro atoms. The van der Waals surface area contributed by atoms with Crippen LogP contribution in [0, 0.1) is 6.92 Å². The Labute approximate surface area is 191 Å². The number of anilines is 1. The topological polar surface area (TPSA) is 77.5 Å². The van der Waals surface area contributed by atoms with Crippen LogP contribution in [0.5, 0.6) is 5.75 Å². The number of esters is 1. The zero-order valence-electron chi connectivity index (χ0n) is 17.4. The molecule has 0 saturated heterocycles. The van der Waals surface area contributed by atoms with Crippen LogP contribution in [0.3, 0.4) is 0 Å². The normalized spacial score (nSPS) is 11.4. The highest BCUT2D eigenvalue weighted by molar-refractivity contribution is 7.09. The highest BCUT2D eigenvalue weighted by Gasteiger charge is 2.30. The summed E-state index contributed by atoms with van der Waals surface area (Å²) < 4.78 is 45.4. The fourth-order valence-electron chi connectivity index (χ4n) is 2.68. The first-order valence-electron chi connectivity index (χ1n) is 9.67. The van der Waals surface area contributed by atoms with Crippen LogP contribution >= 0.6 is 11.3 Å². The number of ether oxygens (including phenoxy) is 2. The molecule has 0 saturated carbocycles. The smallest absolute Gasteiger partial charge is 0.456 e. The molecule has 10 heteroatoms. The number of alkyl halides is 3. The van der Waals surface area contributed by atoms with Crippen LogP contribution < -0.4 is 10.1 Å². The van der Waals surface area contributed by atoms with E-state index in [4.69, 9.17) is 4.74 Å². The Bertz CT molecular complexity index is 1140. The molecule has 0 bridgehead atoms. The number of aryl methyl sites for hydroxylation is 1. The van der Waals surface area contributed by atoms with Gasteiger partial charge in [0.15, 0.2) is 0 Å². The van der Waals surface area contributed by atoms with Crippen LogP contribution in [0.15, 0.2) is 60.0 Å². The molecular formula is C23H19F3N2O4S. The first kappa shape index (κ1) is 24.0.